The van der Waals surface area contributed by atoms with Crippen LogP contribution in [-0.2, 0) is 4.79 Å². The minimum atomic E-state index is -1.16. The van der Waals surface area contributed by atoms with Crippen LogP contribution in [0.25, 0.3) is 22.3 Å². The smallest absolute Gasteiger partial charge is 0.255 e. The lowest BCUT2D eigenvalue weighted by molar-refractivity contribution is -0.132. The average molecular weight is 520 g/mol. The zero-order chi connectivity index (χ0) is 26.3. The number of aliphatic hydroxyl groups is 1. The molecule has 3 fully saturated rings. The van der Waals surface area contributed by atoms with Gasteiger partial charge in [0.1, 0.15) is 34.6 Å². The number of methoxy groups -OCH3 is 1. The maximum absolute atomic E-state index is 13.2. The van der Waals surface area contributed by atoms with Gasteiger partial charge in [0, 0.05) is 29.9 Å². The van der Waals surface area contributed by atoms with Gasteiger partial charge in [-0.05, 0) is 69.4 Å². The van der Waals surface area contributed by atoms with Crippen molar-refractivity contribution in [1.29, 1.82) is 0 Å². The first-order valence-electron chi connectivity index (χ1n) is 13.4. The number of benzene rings is 1. The van der Waals surface area contributed by atoms with Gasteiger partial charge in [-0.25, -0.2) is 9.97 Å². The van der Waals surface area contributed by atoms with E-state index in [-0.39, 0.29) is 23.9 Å². The number of nitrogens with one attached hydrogen (secondary N) is 3. The van der Waals surface area contributed by atoms with Crippen molar-refractivity contribution in [1.82, 2.24) is 25.6 Å². The fourth-order valence-electron chi connectivity index (χ4n) is 5.06. The van der Waals surface area contributed by atoms with Crippen molar-refractivity contribution in [2.45, 2.75) is 69.1 Å². The van der Waals surface area contributed by atoms with Crippen molar-refractivity contribution in [2.75, 3.05) is 13.7 Å². The highest BCUT2D eigenvalue weighted by molar-refractivity contribution is 6.08. The lowest BCUT2D eigenvalue weighted by atomic mass is 9.90. The van der Waals surface area contributed by atoms with E-state index in [2.05, 4.69) is 25.6 Å². The number of rotatable bonds is 9. The molecule has 4 N–H and O–H groups in total. The number of nitrogens with zero attached hydrogens (tertiary/aromatic N) is 2. The Kier molecular flexibility index (Phi) is 6.43. The van der Waals surface area contributed by atoms with Gasteiger partial charge in [0.25, 0.3) is 11.8 Å². The topological polar surface area (TPSA) is 138 Å². The third-order valence-corrected chi connectivity index (χ3v) is 7.87. The molecule has 10 heteroatoms. The van der Waals surface area contributed by atoms with Crippen LogP contribution in [-0.4, -0.2) is 63.3 Å². The van der Waals surface area contributed by atoms with Gasteiger partial charge in [-0.15, -0.1) is 0 Å². The van der Waals surface area contributed by atoms with Crippen molar-refractivity contribution in [2.24, 2.45) is 5.92 Å². The van der Waals surface area contributed by atoms with Crippen molar-refractivity contribution in [3.63, 3.8) is 0 Å². The maximum Gasteiger partial charge on any atom is 0.255 e. The summed E-state index contributed by atoms with van der Waals surface area (Å²) in [6.07, 6.45) is 9.62. The summed E-state index contributed by atoms with van der Waals surface area (Å²) in [5.74, 6) is 1.53. The zero-order valence-corrected chi connectivity index (χ0v) is 21.5. The van der Waals surface area contributed by atoms with Gasteiger partial charge in [-0.1, -0.05) is 0 Å². The molecule has 0 spiro atoms. The van der Waals surface area contributed by atoms with Crippen molar-refractivity contribution in [3.05, 3.63) is 36.3 Å². The summed E-state index contributed by atoms with van der Waals surface area (Å²) in [5, 5.41) is 16.1. The minimum absolute atomic E-state index is 0.00920. The number of amides is 2. The molecule has 38 heavy (non-hydrogen) atoms. The molecule has 0 bridgehead atoms. The first-order valence-corrected chi connectivity index (χ1v) is 13.4. The van der Waals surface area contributed by atoms with Gasteiger partial charge in [0.2, 0.25) is 0 Å². The second-order valence-electron chi connectivity index (χ2n) is 10.8. The van der Waals surface area contributed by atoms with E-state index in [4.69, 9.17) is 9.47 Å². The molecular formula is C28H33N5O5. The summed E-state index contributed by atoms with van der Waals surface area (Å²) in [5.41, 5.74) is 2.00. The molecule has 0 radical (unpaired) electrons. The summed E-state index contributed by atoms with van der Waals surface area (Å²) in [7, 11) is 1.62. The Labute approximate surface area is 220 Å². The van der Waals surface area contributed by atoms with Gasteiger partial charge in [-0.2, -0.15) is 0 Å². The number of carbonyl (C=O) groups excluding carboxylic acids is 2. The summed E-state index contributed by atoms with van der Waals surface area (Å²) < 4.78 is 11.5. The second-order valence-corrected chi connectivity index (χ2v) is 10.8. The highest BCUT2D eigenvalue weighted by Crippen LogP contribution is 2.38. The summed E-state index contributed by atoms with van der Waals surface area (Å²) in [6, 6.07) is 5.70. The van der Waals surface area contributed by atoms with E-state index in [9.17, 15) is 14.7 Å². The van der Waals surface area contributed by atoms with Gasteiger partial charge in [0.05, 0.1) is 24.8 Å². The van der Waals surface area contributed by atoms with Crippen LogP contribution in [0.4, 0.5) is 0 Å². The second kappa shape index (κ2) is 9.90. The molecule has 0 saturated heterocycles. The van der Waals surface area contributed by atoms with Crippen LogP contribution < -0.4 is 20.1 Å². The highest BCUT2D eigenvalue weighted by Gasteiger charge is 2.48. The van der Waals surface area contributed by atoms with Crippen molar-refractivity contribution < 1.29 is 24.2 Å². The molecule has 2 aromatic heterocycles. The minimum Gasteiger partial charge on any atom is -0.497 e. The van der Waals surface area contributed by atoms with E-state index >= 15 is 0 Å². The lowest BCUT2D eigenvalue weighted by Crippen LogP contribution is -2.47. The van der Waals surface area contributed by atoms with Crippen LogP contribution in [0.2, 0.25) is 0 Å². The Hall–Kier alpha value is -3.66. The third kappa shape index (κ3) is 5.05. The van der Waals surface area contributed by atoms with Crippen molar-refractivity contribution in [3.8, 4) is 22.8 Å². The lowest BCUT2D eigenvalue weighted by Gasteiger charge is -2.30. The number of aromatic amines is 1. The molecule has 0 atom stereocenters. The highest BCUT2D eigenvalue weighted by atomic mass is 16.5. The van der Waals surface area contributed by atoms with Gasteiger partial charge >= 0.3 is 0 Å². The molecule has 0 aliphatic heterocycles. The summed E-state index contributed by atoms with van der Waals surface area (Å²) >= 11 is 0. The van der Waals surface area contributed by atoms with Crippen LogP contribution >= 0.6 is 0 Å². The van der Waals surface area contributed by atoms with Crippen LogP contribution in [0.3, 0.4) is 0 Å². The molecule has 6 rings (SSSR count). The number of aromatic nitrogens is 3. The molecule has 3 aromatic rings. The predicted molar refractivity (Wildman–Crippen MR) is 140 cm³/mol. The van der Waals surface area contributed by atoms with E-state index in [1.807, 2.05) is 18.2 Å². The Morgan fingerprint density at radius 3 is 2.50 bits per heavy atom. The average Bonchev–Trinajstić information content (AvgIpc) is 3.86. The predicted octanol–water partition coefficient (Wildman–Crippen LogP) is 3.10. The zero-order valence-electron chi connectivity index (χ0n) is 21.5. The van der Waals surface area contributed by atoms with E-state index < -0.39 is 5.60 Å². The van der Waals surface area contributed by atoms with Crippen LogP contribution in [0, 0.1) is 5.92 Å². The molecule has 3 aliphatic carbocycles. The number of carbonyl (C=O) groups is 2. The molecule has 3 saturated carbocycles. The monoisotopic (exact) mass is 519 g/mol. The fraction of sp³-hybridized carbons (Fsp3) is 0.500. The number of H-pyrrole nitrogens is 1. The Morgan fingerprint density at radius 2 is 1.82 bits per heavy atom. The van der Waals surface area contributed by atoms with Crippen LogP contribution in [0.15, 0.2) is 30.7 Å². The molecule has 2 amide bonds. The Balaban J connectivity index is 1.16. The largest absolute Gasteiger partial charge is 0.497 e. The molecule has 0 unspecified atom stereocenters. The number of hydrogen-bond acceptors (Lipinski definition) is 7. The van der Waals surface area contributed by atoms with Crippen LogP contribution in [0.5, 0.6) is 11.5 Å². The maximum atomic E-state index is 13.2. The summed E-state index contributed by atoms with van der Waals surface area (Å²) in [6.45, 7) is 0.652. The molecule has 3 aliphatic rings. The van der Waals surface area contributed by atoms with Crippen molar-refractivity contribution >= 4 is 22.8 Å². The quantitative estimate of drug-likeness (QED) is 0.341. The number of ether oxygens (including phenoxy) is 2. The number of hydrogen-bond donors (Lipinski definition) is 4. The van der Waals surface area contributed by atoms with Gasteiger partial charge in [-0.3, -0.25) is 9.59 Å². The molecule has 2 heterocycles. The molecule has 10 nitrogen and oxygen atoms in total. The first-order chi connectivity index (χ1) is 18.4. The Morgan fingerprint density at radius 1 is 1.08 bits per heavy atom. The van der Waals surface area contributed by atoms with E-state index in [1.54, 1.807) is 13.3 Å². The van der Waals surface area contributed by atoms with E-state index in [0.717, 1.165) is 31.2 Å². The molecule has 200 valence electrons. The van der Waals surface area contributed by atoms with Crippen LogP contribution in [0.1, 0.15) is 61.7 Å². The number of fused-ring (bicyclic) bond motifs is 1. The standard InChI is InChI=1S/C28H33N5O5/c1-37-19-8-9-20(22(12-19)38-14-16-2-3-16)23-25-24(31-15-30-23)21(13-29-25)26(34)32-17-4-6-18(7-5-17)33-27(35)28(36)10-11-28/h8-9,12-13,15-18,29,36H,2-7,10-11,14H2,1H3,(H,32,34)(H,33,35). The SMILES string of the molecule is COc1ccc(-c2ncnc3c(C(=O)NC4CCC(NC(=O)C5(O)CC5)CC4)c[nH]c23)c(OCC2CC2)c1. The normalized spacial score (nSPS) is 22.1. The first kappa shape index (κ1) is 24.7. The Bertz CT molecular complexity index is 1350. The van der Waals surface area contributed by atoms with Gasteiger partial charge in [0.15, 0.2) is 0 Å². The fourth-order valence-corrected chi connectivity index (χ4v) is 5.06. The van der Waals surface area contributed by atoms with E-state index in [0.29, 0.717) is 59.2 Å². The van der Waals surface area contributed by atoms with E-state index in [1.165, 1.54) is 19.2 Å². The van der Waals surface area contributed by atoms with Gasteiger partial charge < -0.3 is 30.2 Å². The molecular weight excluding hydrogens is 486 g/mol. The third-order valence-electron chi connectivity index (χ3n) is 7.87. The summed E-state index contributed by atoms with van der Waals surface area (Å²) in [4.78, 5) is 37.5. The molecule has 1 aromatic carbocycles.